The van der Waals surface area contributed by atoms with E-state index >= 15 is 0 Å². The Labute approximate surface area is 125 Å². The van der Waals surface area contributed by atoms with Crippen molar-refractivity contribution >= 4 is 27.3 Å². The van der Waals surface area contributed by atoms with Crippen molar-refractivity contribution in [2.24, 2.45) is 0 Å². The van der Waals surface area contributed by atoms with E-state index in [-0.39, 0.29) is 0 Å². The molecule has 0 radical (unpaired) electrons. The second kappa shape index (κ2) is 6.13. The van der Waals surface area contributed by atoms with Crippen molar-refractivity contribution < 1.29 is 0 Å². The maximum Gasteiger partial charge on any atom is 0.0492 e. The van der Waals surface area contributed by atoms with E-state index in [4.69, 9.17) is 0 Å². The monoisotopic (exact) mass is 337 g/mol. The highest BCUT2D eigenvalue weighted by Gasteiger charge is 2.24. The lowest BCUT2D eigenvalue weighted by molar-refractivity contribution is 0.154. The molecule has 1 unspecified atom stereocenters. The van der Waals surface area contributed by atoms with Crippen LogP contribution in [-0.4, -0.2) is 29.5 Å². The van der Waals surface area contributed by atoms with Crippen LogP contribution in [0.3, 0.4) is 0 Å². The van der Waals surface area contributed by atoms with Gasteiger partial charge in [0.15, 0.2) is 0 Å². The summed E-state index contributed by atoms with van der Waals surface area (Å²) in [7, 11) is 0. The van der Waals surface area contributed by atoms with Gasteiger partial charge < -0.3 is 5.32 Å². The third kappa shape index (κ3) is 3.05. The topological polar surface area (TPSA) is 28.2 Å². The molecular weight excluding hydrogens is 322 g/mol. The molecule has 5 heteroatoms. The van der Waals surface area contributed by atoms with Crippen molar-refractivity contribution in [3.8, 4) is 0 Å². The van der Waals surface area contributed by atoms with Crippen LogP contribution in [0.4, 0.5) is 0 Å². The molecule has 1 aliphatic heterocycles. The minimum Gasteiger partial charge on any atom is -0.314 e. The zero-order valence-electron chi connectivity index (χ0n) is 10.6. The van der Waals surface area contributed by atoms with Gasteiger partial charge in [0.05, 0.1) is 0 Å². The molecule has 1 atom stereocenters. The smallest absolute Gasteiger partial charge is 0.0492 e. The molecule has 0 amide bonds. The van der Waals surface area contributed by atoms with E-state index in [1.165, 1.54) is 14.9 Å². The summed E-state index contributed by atoms with van der Waals surface area (Å²) in [6.45, 7) is 4.12. The summed E-state index contributed by atoms with van der Waals surface area (Å²) in [6.07, 6.45) is 3.81. The lowest BCUT2D eigenvalue weighted by Gasteiger charge is -2.36. The molecule has 2 aromatic rings. The molecule has 0 aromatic carbocycles. The molecule has 0 spiro atoms. The van der Waals surface area contributed by atoms with Gasteiger partial charge in [0.25, 0.3) is 0 Å². The minimum absolute atomic E-state index is 0.413. The number of pyridine rings is 1. The van der Waals surface area contributed by atoms with E-state index in [2.05, 4.69) is 48.6 Å². The van der Waals surface area contributed by atoms with Crippen LogP contribution in [-0.2, 0) is 6.54 Å². The molecule has 3 rings (SSSR count). The first-order valence-corrected chi connectivity index (χ1v) is 8.08. The van der Waals surface area contributed by atoms with Gasteiger partial charge in [0, 0.05) is 54.0 Å². The Morgan fingerprint density at radius 1 is 1.47 bits per heavy atom. The summed E-state index contributed by atoms with van der Waals surface area (Å²) < 4.78 is 1.22. The number of hydrogen-bond donors (Lipinski definition) is 1. The van der Waals surface area contributed by atoms with Gasteiger partial charge in [-0.05, 0) is 39.0 Å². The molecule has 1 fully saturated rings. The van der Waals surface area contributed by atoms with Crippen LogP contribution >= 0.6 is 27.3 Å². The van der Waals surface area contributed by atoms with Crippen molar-refractivity contribution in [3.05, 3.63) is 50.9 Å². The Hall–Kier alpha value is -0.750. The molecule has 100 valence electrons. The molecular formula is C14H16BrN3S. The van der Waals surface area contributed by atoms with E-state index in [1.54, 1.807) is 0 Å². The van der Waals surface area contributed by atoms with Crippen LogP contribution in [0.1, 0.15) is 16.5 Å². The van der Waals surface area contributed by atoms with Gasteiger partial charge in [-0.2, -0.15) is 0 Å². The highest BCUT2D eigenvalue weighted by atomic mass is 79.9. The number of rotatable bonds is 3. The Balaban J connectivity index is 1.80. The maximum absolute atomic E-state index is 4.25. The van der Waals surface area contributed by atoms with E-state index in [9.17, 15) is 0 Å². The van der Waals surface area contributed by atoms with Gasteiger partial charge in [-0.15, -0.1) is 11.3 Å². The molecule has 0 aliphatic carbocycles. The van der Waals surface area contributed by atoms with E-state index < -0.39 is 0 Å². The number of piperazine rings is 1. The molecule has 3 nitrogen and oxygen atoms in total. The van der Waals surface area contributed by atoms with Crippen LogP contribution in [0.15, 0.2) is 40.4 Å². The summed E-state index contributed by atoms with van der Waals surface area (Å²) in [5.41, 5.74) is 1.29. The summed E-state index contributed by atoms with van der Waals surface area (Å²) in [5.74, 6) is 0. The van der Waals surface area contributed by atoms with Crippen LogP contribution in [0.2, 0.25) is 0 Å². The molecule has 1 N–H and O–H groups in total. The van der Waals surface area contributed by atoms with E-state index in [0.717, 1.165) is 26.2 Å². The predicted octanol–water partition coefficient (Wildman–Crippen LogP) is 3.05. The highest BCUT2D eigenvalue weighted by Crippen LogP contribution is 2.29. The number of hydrogen-bond acceptors (Lipinski definition) is 4. The maximum atomic E-state index is 4.25. The van der Waals surface area contributed by atoms with Crippen LogP contribution < -0.4 is 5.32 Å². The normalized spacial score (nSPS) is 20.6. The molecule has 19 heavy (non-hydrogen) atoms. The van der Waals surface area contributed by atoms with Crippen LogP contribution in [0.25, 0.3) is 0 Å². The first kappa shape index (κ1) is 13.2. The van der Waals surface area contributed by atoms with Gasteiger partial charge >= 0.3 is 0 Å². The number of nitrogens with zero attached hydrogens (tertiary/aromatic N) is 2. The zero-order chi connectivity index (χ0) is 13.1. The third-order valence-corrected chi connectivity index (χ3v) is 5.37. The fraction of sp³-hybridized carbons (Fsp3) is 0.357. The van der Waals surface area contributed by atoms with Gasteiger partial charge in [0.1, 0.15) is 0 Å². The Bertz CT molecular complexity index is 528. The van der Waals surface area contributed by atoms with Crippen LogP contribution in [0.5, 0.6) is 0 Å². The van der Waals surface area contributed by atoms with Gasteiger partial charge in [-0.1, -0.05) is 6.07 Å². The third-order valence-electron chi connectivity index (χ3n) is 3.46. The standard InChI is InChI=1S/C14H16BrN3S/c15-12-3-7-19-14(12)10-18-6-5-17-9-13(18)11-2-1-4-16-8-11/h1-4,7-8,13,17H,5-6,9-10H2. The van der Waals surface area contributed by atoms with E-state index in [1.807, 2.05) is 29.8 Å². The summed E-state index contributed by atoms with van der Waals surface area (Å²) in [4.78, 5) is 8.18. The fourth-order valence-corrected chi connectivity index (χ4v) is 3.96. The van der Waals surface area contributed by atoms with Crippen molar-refractivity contribution in [3.63, 3.8) is 0 Å². The summed E-state index contributed by atoms with van der Waals surface area (Å²) >= 11 is 5.44. The van der Waals surface area contributed by atoms with Gasteiger partial charge in [-0.3, -0.25) is 9.88 Å². The quantitative estimate of drug-likeness (QED) is 0.932. The lowest BCUT2D eigenvalue weighted by atomic mass is 10.1. The summed E-state index contributed by atoms with van der Waals surface area (Å²) in [5, 5.41) is 5.62. The number of aromatic nitrogens is 1. The van der Waals surface area contributed by atoms with Crippen molar-refractivity contribution in [2.45, 2.75) is 12.6 Å². The first-order valence-electron chi connectivity index (χ1n) is 6.41. The second-order valence-corrected chi connectivity index (χ2v) is 6.52. The molecule has 0 bridgehead atoms. The number of halogens is 1. The van der Waals surface area contributed by atoms with Crippen molar-refractivity contribution in [1.82, 2.24) is 15.2 Å². The largest absolute Gasteiger partial charge is 0.314 e. The Morgan fingerprint density at radius 2 is 2.42 bits per heavy atom. The predicted molar refractivity (Wildman–Crippen MR) is 82.3 cm³/mol. The average Bonchev–Trinajstić information content (AvgIpc) is 2.86. The molecule has 0 saturated carbocycles. The second-order valence-electron chi connectivity index (χ2n) is 4.67. The lowest BCUT2D eigenvalue weighted by Crippen LogP contribution is -2.45. The van der Waals surface area contributed by atoms with E-state index in [0.29, 0.717) is 6.04 Å². The van der Waals surface area contributed by atoms with Gasteiger partial charge in [0.2, 0.25) is 0 Å². The molecule has 3 heterocycles. The van der Waals surface area contributed by atoms with Crippen molar-refractivity contribution in [2.75, 3.05) is 19.6 Å². The average molecular weight is 338 g/mol. The minimum atomic E-state index is 0.413. The van der Waals surface area contributed by atoms with Crippen molar-refractivity contribution in [1.29, 1.82) is 0 Å². The molecule has 1 saturated heterocycles. The first-order chi connectivity index (χ1) is 9.34. The number of thiophene rings is 1. The number of nitrogens with one attached hydrogen (secondary N) is 1. The van der Waals surface area contributed by atoms with Crippen LogP contribution in [0, 0.1) is 0 Å². The van der Waals surface area contributed by atoms with Gasteiger partial charge in [-0.25, -0.2) is 0 Å². The fourth-order valence-electron chi connectivity index (χ4n) is 2.46. The SMILES string of the molecule is Brc1ccsc1CN1CCNCC1c1cccnc1. The molecule has 2 aromatic heterocycles. The highest BCUT2D eigenvalue weighted by molar-refractivity contribution is 9.10. The zero-order valence-corrected chi connectivity index (χ0v) is 13.0. The molecule has 1 aliphatic rings. The Morgan fingerprint density at radius 3 is 3.16 bits per heavy atom. The summed E-state index contributed by atoms with van der Waals surface area (Å²) in [6, 6.07) is 6.72. The Kier molecular flexibility index (Phi) is 4.28.